The number of hydrogen-bond donors (Lipinski definition) is 2. The first kappa shape index (κ1) is 12.8. The summed E-state index contributed by atoms with van der Waals surface area (Å²) in [5, 5.41) is 6.10. The number of rotatable bonds is 6. The average molecular weight is 242 g/mol. The van der Waals surface area contributed by atoms with Gasteiger partial charge in [0.05, 0.1) is 11.7 Å². The van der Waals surface area contributed by atoms with Gasteiger partial charge < -0.3 is 20.1 Å². The number of carbonyl (C=O) groups is 1. The smallest absolute Gasteiger partial charge is 0.246 e. The highest BCUT2D eigenvalue weighted by molar-refractivity contribution is 5.77. The van der Waals surface area contributed by atoms with Gasteiger partial charge >= 0.3 is 0 Å². The molecule has 0 aromatic carbocycles. The molecule has 0 radical (unpaired) electrons. The lowest BCUT2D eigenvalue weighted by Gasteiger charge is -2.39. The zero-order valence-corrected chi connectivity index (χ0v) is 10.6. The Morgan fingerprint density at radius 2 is 2.18 bits per heavy atom. The van der Waals surface area contributed by atoms with Gasteiger partial charge in [-0.2, -0.15) is 0 Å². The summed E-state index contributed by atoms with van der Waals surface area (Å²) in [7, 11) is 0. The van der Waals surface area contributed by atoms with Crippen molar-refractivity contribution < 1.29 is 14.3 Å². The minimum Gasteiger partial charge on any atom is -0.378 e. The van der Waals surface area contributed by atoms with Gasteiger partial charge in [0.15, 0.2) is 0 Å². The van der Waals surface area contributed by atoms with Crippen molar-refractivity contribution in [2.24, 2.45) is 0 Å². The van der Waals surface area contributed by atoms with Gasteiger partial charge in [0.1, 0.15) is 6.61 Å². The first-order valence-electron chi connectivity index (χ1n) is 6.37. The number of ether oxygens (including phenoxy) is 2. The molecule has 2 aliphatic rings. The molecule has 17 heavy (non-hydrogen) atoms. The van der Waals surface area contributed by atoms with Crippen molar-refractivity contribution in [1.82, 2.24) is 10.6 Å². The van der Waals surface area contributed by atoms with E-state index in [1.807, 2.05) is 13.8 Å². The van der Waals surface area contributed by atoms with Crippen LogP contribution in [0.1, 0.15) is 26.7 Å². The lowest BCUT2D eigenvalue weighted by atomic mass is 9.89. The molecular formula is C12H22N2O3. The van der Waals surface area contributed by atoms with E-state index in [1.54, 1.807) is 0 Å². The summed E-state index contributed by atoms with van der Waals surface area (Å²) >= 11 is 0. The Kier molecular flexibility index (Phi) is 4.01. The van der Waals surface area contributed by atoms with E-state index in [-0.39, 0.29) is 24.2 Å². The van der Waals surface area contributed by atoms with Crippen LogP contribution in [0.2, 0.25) is 0 Å². The van der Waals surface area contributed by atoms with Crippen molar-refractivity contribution in [2.75, 3.05) is 26.3 Å². The van der Waals surface area contributed by atoms with Crippen molar-refractivity contribution in [3.05, 3.63) is 0 Å². The second-order valence-electron chi connectivity index (χ2n) is 5.16. The molecule has 0 aromatic rings. The third kappa shape index (κ3) is 3.40. The quantitative estimate of drug-likeness (QED) is 0.691. The number of nitrogens with one attached hydrogen (secondary N) is 2. The summed E-state index contributed by atoms with van der Waals surface area (Å²) < 4.78 is 11.0. The fourth-order valence-electron chi connectivity index (χ4n) is 2.14. The van der Waals surface area contributed by atoms with E-state index < -0.39 is 0 Å². The van der Waals surface area contributed by atoms with Crippen LogP contribution >= 0.6 is 0 Å². The lowest BCUT2D eigenvalue weighted by molar-refractivity contribution is -0.138. The van der Waals surface area contributed by atoms with Crippen LogP contribution in [-0.2, 0) is 14.3 Å². The predicted molar refractivity (Wildman–Crippen MR) is 63.8 cm³/mol. The summed E-state index contributed by atoms with van der Waals surface area (Å²) in [5.74, 6) is -0.0157. The molecule has 0 bridgehead atoms. The van der Waals surface area contributed by atoms with E-state index >= 15 is 0 Å². The SMILES string of the molecule is CCOC1CC(NC(=O)COC2(C)CNC2)C1. The van der Waals surface area contributed by atoms with Crippen molar-refractivity contribution in [2.45, 2.75) is 44.4 Å². The zero-order valence-electron chi connectivity index (χ0n) is 10.6. The molecule has 0 atom stereocenters. The molecule has 98 valence electrons. The predicted octanol–water partition coefficient (Wildman–Crippen LogP) is 0.0486. The Morgan fingerprint density at radius 1 is 1.47 bits per heavy atom. The van der Waals surface area contributed by atoms with Gasteiger partial charge in [-0.3, -0.25) is 4.79 Å². The van der Waals surface area contributed by atoms with Gasteiger partial charge in [-0.05, 0) is 26.7 Å². The summed E-state index contributed by atoms with van der Waals surface area (Å²) in [6.07, 6.45) is 2.19. The van der Waals surface area contributed by atoms with E-state index in [1.165, 1.54) is 0 Å². The Balaban J connectivity index is 1.56. The van der Waals surface area contributed by atoms with Gasteiger partial charge in [0, 0.05) is 25.7 Å². The Labute approximate surface area is 102 Å². The maximum Gasteiger partial charge on any atom is 0.246 e. The van der Waals surface area contributed by atoms with Crippen LogP contribution in [0.25, 0.3) is 0 Å². The van der Waals surface area contributed by atoms with Crippen LogP contribution in [0.5, 0.6) is 0 Å². The third-order valence-electron chi connectivity index (χ3n) is 3.41. The lowest BCUT2D eigenvalue weighted by Crippen LogP contribution is -2.60. The fourth-order valence-corrected chi connectivity index (χ4v) is 2.14. The largest absolute Gasteiger partial charge is 0.378 e. The topological polar surface area (TPSA) is 59.6 Å². The monoisotopic (exact) mass is 242 g/mol. The van der Waals surface area contributed by atoms with Crippen molar-refractivity contribution in [1.29, 1.82) is 0 Å². The highest BCUT2D eigenvalue weighted by Crippen LogP contribution is 2.23. The van der Waals surface area contributed by atoms with Crippen LogP contribution < -0.4 is 10.6 Å². The molecule has 5 heteroatoms. The molecule has 0 unspecified atom stereocenters. The van der Waals surface area contributed by atoms with Gasteiger partial charge in [0.2, 0.25) is 5.91 Å². The number of hydrogen-bond acceptors (Lipinski definition) is 4. The number of amides is 1. The molecule has 1 amide bonds. The number of carbonyl (C=O) groups excluding carboxylic acids is 1. The molecule has 2 fully saturated rings. The molecular weight excluding hydrogens is 220 g/mol. The molecule has 1 saturated heterocycles. The minimum atomic E-state index is -0.148. The van der Waals surface area contributed by atoms with E-state index in [0.717, 1.165) is 32.5 Å². The molecule has 1 aliphatic carbocycles. The normalized spacial score (nSPS) is 30.2. The van der Waals surface area contributed by atoms with E-state index in [4.69, 9.17) is 9.47 Å². The molecule has 1 aliphatic heterocycles. The van der Waals surface area contributed by atoms with E-state index in [2.05, 4.69) is 10.6 Å². The summed E-state index contributed by atoms with van der Waals surface area (Å²) in [4.78, 5) is 11.6. The van der Waals surface area contributed by atoms with Crippen LogP contribution in [0.3, 0.4) is 0 Å². The van der Waals surface area contributed by atoms with Crippen LogP contribution in [0, 0.1) is 0 Å². The Hall–Kier alpha value is -0.650. The maximum absolute atomic E-state index is 11.6. The summed E-state index contributed by atoms with van der Waals surface area (Å²) in [5.41, 5.74) is -0.148. The van der Waals surface area contributed by atoms with Crippen LogP contribution in [0.4, 0.5) is 0 Å². The average Bonchev–Trinajstić information content (AvgIpc) is 2.21. The zero-order chi connectivity index (χ0) is 12.3. The molecule has 1 saturated carbocycles. The van der Waals surface area contributed by atoms with Crippen LogP contribution in [0.15, 0.2) is 0 Å². The van der Waals surface area contributed by atoms with Gasteiger partial charge in [0.25, 0.3) is 0 Å². The second-order valence-corrected chi connectivity index (χ2v) is 5.16. The second kappa shape index (κ2) is 5.33. The third-order valence-corrected chi connectivity index (χ3v) is 3.41. The Bertz CT molecular complexity index is 273. The minimum absolute atomic E-state index is 0.0157. The highest BCUT2D eigenvalue weighted by Gasteiger charge is 2.34. The fraction of sp³-hybridized carbons (Fsp3) is 0.917. The molecule has 2 rings (SSSR count). The summed E-state index contributed by atoms with van der Waals surface area (Å²) in [6, 6.07) is 0.273. The van der Waals surface area contributed by atoms with Crippen molar-refractivity contribution >= 4 is 5.91 Å². The van der Waals surface area contributed by atoms with E-state index in [9.17, 15) is 4.79 Å². The Morgan fingerprint density at radius 3 is 2.71 bits per heavy atom. The van der Waals surface area contributed by atoms with E-state index in [0.29, 0.717) is 6.10 Å². The van der Waals surface area contributed by atoms with Crippen molar-refractivity contribution in [3.63, 3.8) is 0 Å². The van der Waals surface area contributed by atoms with Gasteiger partial charge in [-0.25, -0.2) is 0 Å². The molecule has 0 aromatic heterocycles. The summed E-state index contributed by atoms with van der Waals surface area (Å²) in [6.45, 7) is 6.58. The van der Waals surface area contributed by atoms with Crippen LogP contribution in [-0.4, -0.2) is 50.0 Å². The van der Waals surface area contributed by atoms with Crippen molar-refractivity contribution in [3.8, 4) is 0 Å². The highest BCUT2D eigenvalue weighted by atomic mass is 16.5. The molecule has 1 heterocycles. The molecule has 2 N–H and O–H groups in total. The molecule has 5 nitrogen and oxygen atoms in total. The van der Waals surface area contributed by atoms with Gasteiger partial charge in [-0.15, -0.1) is 0 Å². The maximum atomic E-state index is 11.6. The standard InChI is InChI=1S/C12H22N2O3/c1-3-16-10-4-9(5-10)14-11(15)6-17-12(2)7-13-8-12/h9-10,13H,3-8H2,1-2H3,(H,14,15). The molecule has 0 spiro atoms. The first-order chi connectivity index (χ1) is 8.11. The van der Waals surface area contributed by atoms with Gasteiger partial charge in [-0.1, -0.05) is 0 Å². The first-order valence-corrected chi connectivity index (χ1v) is 6.37.